The van der Waals surface area contributed by atoms with E-state index in [4.69, 9.17) is 18.8 Å². The number of thiophene rings is 1. The van der Waals surface area contributed by atoms with E-state index in [1.165, 1.54) is 25.6 Å². The Morgan fingerprint density at radius 2 is 1.31 bits per heavy atom. The summed E-state index contributed by atoms with van der Waals surface area (Å²) in [6, 6.07) is 51.1. The van der Waals surface area contributed by atoms with E-state index < -0.39 is 6.17 Å². The number of rotatable bonds is 4. The van der Waals surface area contributed by atoms with Gasteiger partial charge in [-0.05, 0) is 70.4 Å². The van der Waals surface area contributed by atoms with Gasteiger partial charge in [0.1, 0.15) is 28.8 Å². The summed E-state index contributed by atoms with van der Waals surface area (Å²) in [4.78, 5) is 15.0. The third-order valence-corrected chi connectivity index (χ3v) is 11.9. The Balaban J connectivity index is 1.07. The quantitative estimate of drug-likeness (QED) is 0.196. The van der Waals surface area contributed by atoms with Crippen LogP contribution in [0.2, 0.25) is 0 Å². The molecule has 1 N–H and O–H groups in total. The molecule has 1 aliphatic rings. The number of hydrogen-bond acceptors (Lipinski definition) is 7. The van der Waals surface area contributed by atoms with Crippen LogP contribution in [0, 0.1) is 0 Å². The monoisotopic (exact) mass is 724 g/mol. The van der Waals surface area contributed by atoms with Crippen LogP contribution in [0.4, 0.5) is 0 Å². The van der Waals surface area contributed by atoms with E-state index in [1.807, 2.05) is 41.8 Å². The van der Waals surface area contributed by atoms with Crippen LogP contribution in [0.15, 0.2) is 177 Å². The molecule has 0 saturated carbocycles. The molecule has 258 valence electrons. The third-order valence-electron chi connectivity index (χ3n) is 10.8. The Bertz CT molecular complexity index is 3440. The Hall–Kier alpha value is -7.09. The number of para-hydroxylation sites is 1. The number of benzene rings is 7. The number of amidine groups is 2. The van der Waals surface area contributed by atoms with Crippen molar-refractivity contribution in [1.29, 1.82) is 0 Å². The topological polar surface area (TPSA) is 75.9 Å². The average Bonchev–Trinajstić information content (AvgIpc) is 3.93. The molecular formula is C48H28N4O2S. The second-order valence-electron chi connectivity index (χ2n) is 14.1. The standard InChI is InChI=1S/C48H28N4O2S/c1-2-8-28-21-30(14-13-27(28)7-1)46-50-47(31-16-17-34-33-9-3-5-11-39(33)53-40(34)23-31)52-48(51-46)38-22-32(24-41-45(38)37-19-20-49-26-42(37)54-41)29-15-18-36-35-10-4-6-12-43(35)55-44(36)25-29/h1-26,47H,(H,50,51,52). The van der Waals surface area contributed by atoms with Gasteiger partial charge in [0.25, 0.3) is 0 Å². The van der Waals surface area contributed by atoms with E-state index in [2.05, 4.69) is 132 Å². The minimum atomic E-state index is -0.444. The number of pyridine rings is 1. The van der Waals surface area contributed by atoms with Gasteiger partial charge in [-0.25, -0.2) is 9.98 Å². The summed E-state index contributed by atoms with van der Waals surface area (Å²) in [5, 5.41) is 12.7. The fraction of sp³-hybridized carbons (Fsp3) is 0.0208. The molecule has 0 saturated heterocycles. The van der Waals surface area contributed by atoms with Crippen LogP contribution >= 0.6 is 11.3 Å². The van der Waals surface area contributed by atoms with Crippen LogP contribution < -0.4 is 5.32 Å². The number of hydrogen-bond donors (Lipinski definition) is 1. The van der Waals surface area contributed by atoms with E-state index >= 15 is 0 Å². The summed E-state index contributed by atoms with van der Waals surface area (Å²) < 4.78 is 15.4. The fourth-order valence-corrected chi connectivity index (χ4v) is 9.29. The number of nitrogens with one attached hydrogen (secondary N) is 1. The Morgan fingerprint density at radius 1 is 0.527 bits per heavy atom. The molecule has 0 bridgehead atoms. The van der Waals surface area contributed by atoms with Crippen LogP contribution in [-0.4, -0.2) is 16.7 Å². The van der Waals surface area contributed by atoms with Crippen molar-refractivity contribution in [3.63, 3.8) is 0 Å². The van der Waals surface area contributed by atoms with Crippen molar-refractivity contribution in [1.82, 2.24) is 10.3 Å². The van der Waals surface area contributed by atoms with Crippen molar-refractivity contribution in [2.75, 3.05) is 0 Å². The Morgan fingerprint density at radius 3 is 2.27 bits per heavy atom. The number of nitrogens with zero attached hydrogens (tertiary/aromatic N) is 3. The lowest BCUT2D eigenvalue weighted by atomic mass is 9.97. The molecule has 0 radical (unpaired) electrons. The first kappa shape index (κ1) is 30.4. The molecule has 6 nitrogen and oxygen atoms in total. The van der Waals surface area contributed by atoms with Gasteiger partial charge in [0, 0.05) is 64.6 Å². The number of aromatic nitrogens is 1. The lowest BCUT2D eigenvalue weighted by Crippen LogP contribution is -2.33. The zero-order valence-electron chi connectivity index (χ0n) is 29.2. The van der Waals surface area contributed by atoms with Gasteiger partial charge in [-0.1, -0.05) is 97.1 Å². The fourth-order valence-electron chi connectivity index (χ4n) is 8.15. The van der Waals surface area contributed by atoms with E-state index in [0.717, 1.165) is 77.1 Å². The van der Waals surface area contributed by atoms with Gasteiger partial charge in [0.2, 0.25) is 0 Å². The molecule has 7 heteroatoms. The van der Waals surface area contributed by atoms with Gasteiger partial charge in [0.15, 0.2) is 11.4 Å². The second kappa shape index (κ2) is 11.7. The second-order valence-corrected chi connectivity index (χ2v) is 15.1. The first-order valence-electron chi connectivity index (χ1n) is 18.3. The summed E-state index contributed by atoms with van der Waals surface area (Å²) in [5.74, 6) is 1.36. The average molecular weight is 725 g/mol. The van der Waals surface area contributed by atoms with Crippen molar-refractivity contribution < 1.29 is 8.83 Å². The Kier molecular flexibility index (Phi) is 6.47. The molecule has 1 unspecified atom stereocenters. The molecular weight excluding hydrogens is 697 g/mol. The van der Waals surface area contributed by atoms with Gasteiger partial charge < -0.3 is 14.2 Å². The molecule has 12 rings (SSSR count). The van der Waals surface area contributed by atoms with Crippen LogP contribution in [-0.2, 0) is 0 Å². The van der Waals surface area contributed by atoms with Crippen molar-refractivity contribution in [2.45, 2.75) is 6.17 Å². The molecule has 7 aromatic carbocycles. The molecule has 0 aliphatic carbocycles. The zero-order chi connectivity index (χ0) is 36.0. The third kappa shape index (κ3) is 4.83. The minimum absolute atomic E-state index is 0.444. The molecule has 0 spiro atoms. The van der Waals surface area contributed by atoms with Crippen molar-refractivity contribution in [3.8, 4) is 11.1 Å². The van der Waals surface area contributed by atoms with E-state index in [-0.39, 0.29) is 0 Å². The van der Waals surface area contributed by atoms with Gasteiger partial charge in [-0.15, -0.1) is 11.3 Å². The highest BCUT2D eigenvalue weighted by atomic mass is 32.1. The summed E-state index contributed by atoms with van der Waals surface area (Å²) >= 11 is 1.82. The molecule has 55 heavy (non-hydrogen) atoms. The van der Waals surface area contributed by atoms with Gasteiger partial charge >= 0.3 is 0 Å². The maximum absolute atomic E-state index is 6.54. The largest absolute Gasteiger partial charge is 0.456 e. The highest BCUT2D eigenvalue weighted by Crippen LogP contribution is 2.40. The van der Waals surface area contributed by atoms with Gasteiger partial charge in [-0.2, -0.15) is 0 Å². The van der Waals surface area contributed by atoms with Crippen LogP contribution in [0.1, 0.15) is 22.9 Å². The zero-order valence-corrected chi connectivity index (χ0v) is 30.0. The summed E-state index contributed by atoms with van der Waals surface area (Å²) in [6.45, 7) is 0. The van der Waals surface area contributed by atoms with E-state index in [1.54, 1.807) is 6.20 Å². The highest BCUT2D eigenvalue weighted by Gasteiger charge is 2.26. The molecule has 1 aliphatic heterocycles. The normalized spacial score (nSPS) is 14.7. The van der Waals surface area contributed by atoms with Crippen molar-refractivity contribution >= 4 is 97.8 Å². The number of fused-ring (bicyclic) bond motifs is 10. The predicted molar refractivity (Wildman–Crippen MR) is 226 cm³/mol. The predicted octanol–water partition coefficient (Wildman–Crippen LogP) is 12.6. The Labute approximate surface area is 317 Å². The maximum Gasteiger partial charge on any atom is 0.159 e. The minimum Gasteiger partial charge on any atom is -0.456 e. The summed E-state index contributed by atoms with van der Waals surface area (Å²) in [5.41, 5.74) is 8.16. The van der Waals surface area contributed by atoms with E-state index in [9.17, 15) is 0 Å². The number of aliphatic imine (C=N–C) groups is 2. The van der Waals surface area contributed by atoms with Crippen LogP contribution in [0.5, 0.6) is 0 Å². The molecule has 4 aromatic heterocycles. The van der Waals surface area contributed by atoms with Crippen molar-refractivity contribution in [3.05, 3.63) is 175 Å². The molecule has 0 fully saturated rings. The molecule has 5 heterocycles. The van der Waals surface area contributed by atoms with E-state index in [0.29, 0.717) is 11.7 Å². The van der Waals surface area contributed by atoms with Crippen LogP contribution in [0.25, 0.3) is 85.9 Å². The van der Waals surface area contributed by atoms with Gasteiger partial charge in [-0.3, -0.25) is 4.98 Å². The molecule has 11 aromatic rings. The summed E-state index contributed by atoms with van der Waals surface area (Å²) in [7, 11) is 0. The summed E-state index contributed by atoms with van der Waals surface area (Å²) in [6.07, 6.45) is 3.15. The first-order valence-corrected chi connectivity index (χ1v) is 19.1. The smallest absolute Gasteiger partial charge is 0.159 e. The van der Waals surface area contributed by atoms with Crippen LogP contribution in [0.3, 0.4) is 0 Å². The SMILES string of the molecule is c1ccc2cc(C3=NC(c4ccc5c(c4)oc4ccccc45)NC(c4cc(-c5ccc6c(c5)sc5ccccc56)cc5oc6cnccc6c45)=N3)ccc2c1. The first-order chi connectivity index (χ1) is 27.2. The maximum atomic E-state index is 6.54. The molecule has 0 amide bonds. The lowest BCUT2D eigenvalue weighted by molar-refractivity contribution is 0.655. The molecule has 1 atom stereocenters. The number of furan rings is 2. The highest BCUT2D eigenvalue weighted by molar-refractivity contribution is 7.25. The van der Waals surface area contributed by atoms with Crippen molar-refractivity contribution in [2.24, 2.45) is 9.98 Å². The lowest BCUT2D eigenvalue weighted by Gasteiger charge is -2.24. The van der Waals surface area contributed by atoms with Gasteiger partial charge in [0.05, 0.1) is 6.20 Å².